The summed E-state index contributed by atoms with van der Waals surface area (Å²) in [7, 11) is 1.30. The summed E-state index contributed by atoms with van der Waals surface area (Å²) in [5.41, 5.74) is -0.191. The highest BCUT2D eigenvalue weighted by Gasteiger charge is 2.64. The molecular weight excluding hydrogens is 832 g/mol. The van der Waals surface area contributed by atoms with Crippen molar-refractivity contribution in [3.63, 3.8) is 0 Å². The number of aliphatic hydroxyl groups excluding tert-OH is 8. The highest BCUT2D eigenvalue weighted by atomic mass is 16.8. The Balaban J connectivity index is 0.876. The van der Waals surface area contributed by atoms with Crippen LogP contribution in [0.25, 0.3) is 0 Å². The van der Waals surface area contributed by atoms with Crippen molar-refractivity contribution in [3.8, 4) is 0 Å². The van der Waals surface area contributed by atoms with Gasteiger partial charge in [-0.2, -0.15) is 0 Å². The molecule has 0 unspecified atom stereocenters. The fraction of sp³-hybridized carbons (Fsp3) is 0.955. The van der Waals surface area contributed by atoms with Crippen molar-refractivity contribution in [2.45, 2.75) is 190 Å². The van der Waals surface area contributed by atoms with Gasteiger partial charge in [-0.15, -0.1) is 0 Å². The first-order valence-electron chi connectivity index (χ1n) is 23.0. The van der Waals surface area contributed by atoms with E-state index in [-0.39, 0.29) is 28.6 Å². The predicted octanol–water partition coefficient (Wildman–Crippen LogP) is -0.735. The fourth-order valence-corrected chi connectivity index (χ4v) is 13.7. The Morgan fingerprint density at radius 3 is 2.14 bits per heavy atom. The molecule has 0 aromatic rings. The molecule has 8 aliphatic rings. The van der Waals surface area contributed by atoms with E-state index in [4.69, 9.17) is 42.6 Å². The van der Waals surface area contributed by atoms with Crippen LogP contribution < -0.4 is 0 Å². The number of hydrogen-bond donors (Lipinski definition) is 8. The van der Waals surface area contributed by atoms with E-state index in [1.54, 1.807) is 0 Å². The number of hydrogen-bond acceptors (Lipinski definition) is 19. The molecule has 4 aliphatic carbocycles. The number of cyclic esters (lactones) is 1. The van der Waals surface area contributed by atoms with Crippen molar-refractivity contribution >= 4 is 11.9 Å². The zero-order valence-electron chi connectivity index (χ0n) is 36.8. The third-order valence-corrected chi connectivity index (χ3v) is 17.1. The Hall–Kier alpha value is -1.66. The summed E-state index contributed by atoms with van der Waals surface area (Å²) in [6, 6.07) is 0. The molecule has 4 saturated carbocycles. The third kappa shape index (κ3) is 8.62. The second-order valence-electron chi connectivity index (χ2n) is 20.3. The molecule has 360 valence electrons. The molecule has 63 heavy (non-hydrogen) atoms. The van der Waals surface area contributed by atoms with Crippen LogP contribution in [0.5, 0.6) is 0 Å². The van der Waals surface area contributed by atoms with E-state index in [0.717, 1.165) is 45.4 Å². The van der Waals surface area contributed by atoms with E-state index in [1.807, 2.05) is 0 Å². The maximum atomic E-state index is 12.0. The summed E-state index contributed by atoms with van der Waals surface area (Å²) >= 11 is 0. The van der Waals surface area contributed by atoms with E-state index in [9.17, 15) is 50.4 Å². The molecule has 8 fully saturated rings. The van der Waals surface area contributed by atoms with Crippen LogP contribution in [-0.4, -0.2) is 184 Å². The molecule has 8 rings (SSSR count). The number of esters is 2. The predicted molar refractivity (Wildman–Crippen MR) is 213 cm³/mol. The Kier molecular flexibility index (Phi) is 14.3. The van der Waals surface area contributed by atoms with Crippen molar-refractivity contribution in [2.24, 2.45) is 46.3 Å². The molecule has 25 atom stereocenters. The van der Waals surface area contributed by atoms with Crippen molar-refractivity contribution in [1.29, 1.82) is 0 Å². The smallest absolute Gasteiger partial charge is 0.306 e. The topological polar surface area (TPSA) is 279 Å². The molecule has 0 bridgehead atoms. The van der Waals surface area contributed by atoms with Gasteiger partial charge in [-0.25, -0.2) is 0 Å². The van der Waals surface area contributed by atoms with Crippen LogP contribution in [0.3, 0.4) is 0 Å². The molecule has 4 aliphatic heterocycles. The highest BCUT2D eigenvalue weighted by molar-refractivity contribution is 5.71. The van der Waals surface area contributed by atoms with E-state index in [1.165, 1.54) is 14.0 Å². The second kappa shape index (κ2) is 18.8. The third-order valence-electron chi connectivity index (χ3n) is 17.1. The van der Waals surface area contributed by atoms with Gasteiger partial charge in [-0.1, -0.05) is 13.8 Å². The van der Waals surface area contributed by atoms with Gasteiger partial charge in [0, 0.05) is 26.4 Å². The number of carbonyl (C=O) groups is 2. The first-order valence-corrected chi connectivity index (χ1v) is 23.0. The summed E-state index contributed by atoms with van der Waals surface area (Å²) in [6.45, 7) is 6.61. The van der Waals surface area contributed by atoms with Crippen LogP contribution in [0, 0.1) is 46.3 Å². The Morgan fingerprint density at radius 1 is 0.746 bits per heavy atom. The largest absolute Gasteiger partial charge is 0.465 e. The van der Waals surface area contributed by atoms with Gasteiger partial charge in [0.25, 0.3) is 0 Å². The molecular formula is C44H70O19. The van der Waals surface area contributed by atoms with Gasteiger partial charge in [0.05, 0.1) is 44.6 Å². The molecule has 0 spiro atoms. The Bertz CT molecular complexity index is 1600. The molecule has 19 nitrogen and oxygen atoms in total. The van der Waals surface area contributed by atoms with Gasteiger partial charge in [0.2, 0.25) is 0 Å². The maximum Gasteiger partial charge on any atom is 0.306 e. The quantitative estimate of drug-likeness (QED) is 0.0937. The average Bonchev–Trinajstić information content (AvgIpc) is 3.84. The minimum absolute atomic E-state index is 0.0889. The van der Waals surface area contributed by atoms with E-state index in [0.29, 0.717) is 49.5 Å². The van der Waals surface area contributed by atoms with Gasteiger partial charge in [0.1, 0.15) is 61.0 Å². The molecule has 0 aromatic carbocycles. The molecule has 19 heteroatoms. The standard InChI is InChI=1S/C44H70O19/c1-18-31(49)38(55-5)39(59-19(2)46)42(58-18)63-37-27(15-45)61-40(36(54)34(37)52)57-17-28-32(50)33(51)35(53)41(62-28)60-22-13-21-6-7-23-25-9-8-24(20-12-30(48)56-16-20)43(25,3)11-10-26(23)44(21,4)29(47)14-22/h18,20-29,31-42,45,47,49-54H,6-17H2,1-5H3/t18-,20+,21-,22-,23+,24-,25-,26+,27-,28-,29-,31+,32-,33+,34-,35-,36-,37-,38+,39-,40-,41-,42+,43-,44+/m1/s1. The summed E-state index contributed by atoms with van der Waals surface area (Å²) in [5.74, 6) is 1.42. The molecule has 0 radical (unpaired) electrons. The SMILES string of the molecule is CO[C@H]1[C@@H](O)[C@@H](C)O[C@@H](O[C@H]2[C@H](O)[C@@H](O)[C@H](OC[C@H]3O[C@@H](O[C@@H]4C[C@H]5CC[C@H]6[C@H]7CC[C@H]([C@@H]8COC(=O)C8)[C@@]7(C)CC[C@@H]6[C@@]5(C)[C@H](O)C4)[C@H](O)[C@@H](O)[C@@H]3O)O[C@@H]2CO)[C@@H]1OC(C)=O. The normalized spacial score (nSPS) is 53.5. The minimum Gasteiger partial charge on any atom is -0.465 e. The molecule has 0 aromatic heterocycles. The Morgan fingerprint density at radius 2 is 1.46 bits per heavy atom. The van der Waals surface area contributed by atoms with Gasteiger partial charge in [-0.05, 0) is 92.3 Å². The first-order chi connectivity index (χ1) is 29.9. The van der Waals surface area contributed by atoms with Crippen molar-refractivity contribution in [1.82, 2.24) is 0 Å². The number of rotatable bonds is 11. The lowest BCUT2D eigenvalue weighted by Crippen LogP contribution is -2.65. The lowest BCUT2D eigenvalue weighted by Gasteiger charge is -2.62. The number of carbonyl (C=O) groups excluding carboxylic acids is 2. The van der Waals surface area contributed by atoms with Crippen LogP contribution in [0.4, 0.5) is 0 Å². The molecule has 0 amide bonds. The van der Waals surface area contributed by atoms with Crippen LogP contribution in [0.15, 0.2) is 0 Å². The fourth-order valence-electron chi connectivity index (χ4n) is 13.7. The number of aliphatic hydroxyl groups is 8. The minimum atomic E-state index is -1.80. The van der Waals surface area contributed by atoms with Crippen LogP contribution in [0.1, 0.15) is 85.5 Å². The summed E-state index contributed by atoms with van der Waals surface area (Å²) in [6.07, 6.45) is -15.1. The van der Waals surface area contributed by atoms with E-state index >= 15 is 0 Å². The lowest BCUT2D eigenvalue weighted by molar-refractivity contribution is -0.364. The summed E-state index contributed by atoms with van der Waals surface area (Å²) in [5, 5.41) is 88.2. The van der Waals surface area contributed by atoms with Crippen LogP contribution >= 0.6 is 0 Å². The molecule has 4 saturated heterocycles. The number of methoxy groups -OCH3 is 1. The van der Waals surface area contributed by atoms with Crippen LogP contribution in [0.2, 0.25) is 0 Å². The van der Waals surface area contributed by atoms with Crippen molar-refractivity contribution < 1.29 is 93.1 Å². The zero-order valence-corrected chi connectivity index (χ0v) is 36.8. The number of fused-ring (bicyclic) bond motifs is 5. The van der Waals surface area contributed by atoms with Crippen molar-refractivity contribution in [2.75, 3.05) is 26.9 Å². The van der Waals surface area contributed by atoms with Crippen LogP contribution in [-0.2, 0) is 52.2 Å². The second-order valence-corrected chi connectivity index (χ2v) is 20.3. The summed E-state index contributed by atoms with van der Waals surface area (Å²) in [4.78, 5) is 24.0. The monoisotopic (exact) mass is 902 g/mol. The first kappa shape index (κ1) is 47.8. The van der Waals surface area contributed by atoms with E-state index < -0.39 is 124 Å². The van der Waals surface area contributed by atoms with Crippen molar-refractivity contribution in [3.05, 3.63) is 0 Å². The van der Waals surface area contributed by atoms with Gasteiger partial charge in [-0.3, -0.25) is 9.59 Å². The average molecular weight is 903 g/mol. The van der Waals surface area contributed by atoms with Gasteiger partial charge in [0.15, 0.2) is 25.0 Å². The number of ether oxygens (including phenoxy) is 9. The highest BCUT2D eigenvalue weighted by Crippen LogP contribution is 2.68. The van der Waals surface area contributed by atoms with E-state index in [2.05, 4.69) is 13.8 Å². The molecule has 8 N–H and O–H groups in total. The van der Waals surface area contributed by atoms with Gasteiger partial charge >= 0.3 is 11.9 Å². The van der Waals surface area contributed by atoms with Gasteiger partial charge < -0.3 is 83.5 Å². The zero-order chi connectivity index (χ0) is 45.3. The lowest BCUT2D eigenvalue weighted by atomic mass is 9.43. The summed E-state index contributed by atoms with van der Waals surface area (Å²) < 4.78 is 51.8. The maximum absolute atomic E-state index is 12.0. The Labute approximate surface area is 367 Å². The molecule has 4 heterocycles.